The molecule has 0 aliphatic heterocycles. The van der Waals surface area contributed by atoms with Gasteiger partial charge in [0.1, 0.15) is 5.75 Å². The second-order valence-electron chi connectivity index (χ2n) is 8.67. The van der Waals surface area contributed by atoms with E-state index in [-0.39, 0.29) is 11.5 Å². The summed E-state index contributed by atoms with van der Waals surface area (Å²) in [6.07, 6.45) is 9.89. The Kier molecular flexibility index (Phi) is 3.80. The minimum Gasteiger partial charge on any atom is -0.497 e. The van der Waals surface area contributed by atoms with Gasteiger partial charge in [0, 0.05) is 5.41 Å². The van der Waals surface area contributed by atoms with Gasteiger partial charge >= 0.3 is 0 Å². The number of aryl methyl sites for hydroxylation is 1. The fraction of sp³-hybridized carbons (Fsp3) is 0.636. The molecule has 2 heteroatoms. The molecule has 0 amide bonds. The van der Waals surface area contributed by atoms with Gasteiger partial charge in [0.15, 0.2) is 0 Å². The van der Waals surface area contributed by atoms with Crippen LogP contribution in [0.5, 0.6) is 5.75 Å². The number of hydrogen-bond acceptors (Lipinski definition) is 2. The molecular weight excluding hydrogens is 296 g/mol. The number of fused-ring (bicyclic) bond motifs is 5. The lowest BCUT2D eigenvalue weighted by Gasteiger charge is -2.56. The van der Waals surface area contributed by atoms with Crippen LogP contribution >= 0.6 is 0 Å². The average Bonchev–Trinajstić information content (AvgIpc) is 2.88. The first kappa shape index (κ1) is 16.2. The molecule has 130 valence electrons. The maximum atomic E-state index is 10.4. The molecule has 24 heavy (non-hydrogen) atoms. The molecule has 1 aromatic rings. The second-order valence-corrected chi connectivity index (χ2v) is 8.67. The highest BCUT2D eigenvalue weighted by atomic mass is 16.5. The molecule has 0 aromatic heterocycles. The Morgan fingerprint density at radius 3 is 2.92 bits per heavy atom. The Morgan fingerprint density at radius 2 is 2.17 bits per heavy atom. The van der Waals surface area contributed by atoms with E-state index in [0.717, 1.165) is 31.4 Å². The lowest BCUT2D eigenvalue weighted by Crippen LogP contribution is -2.50. The number of methoxy groups -OCH3 is 1. The third-order valence-electron chi connectivity index (χ3n) is 7.54. The molecule has 1 aromatic carbocycles. The van der Waals surface area contributed by atoms with Crippen molar-refractivity contribution in [3.05, 3.63) is 42.0 Å². The number of aliphatic hydroxyl groups excluding tert-OH is 1. The smallest absolute Gasteiger partial charge is 0.119 e. The zero-order valence-corrected chi connectivity index (χ0v) is 15.1. The molecule has 0 spiro atoms. The highest BCUT2D eigenvalue weighted by molar-refractivity contribution is 5.44. The Morgan fingerprint density at radius 1 is 1.33 bits per heavy atom. The number of ether oxygens (including phenoxy) is 1. The SMILES string of the molecule is C=CCC12CC[C@]3(C)CC(O)C[C@H]3[C@@H]1CCc1cc(OC)ccc12. The van der Waals surface area contributed by atoms with Crippen LogP contribution < -0.4 is 4.74 Å². The lowest BCUT2D eigenvalue weighted by molar-refractivity contribution is 0.00644. The van der Waals surface area contributed by atoms with E-state index in [0.29, 0.717) is 17.3 Å². The van der Waals surface area contributed by atoms with E-state index in [1.54, 1.807) is 7.11 Å². The van der Waals surface area contributed by atoms with E-state index in [4.69, 9.17) is 4.74 Å². The zero-order valence-electron chi connectivity index (χ0n) is 15.1. The van der Waals surface area contributed by atoms with Gasteiger partial charge in [-0.1, -0.05) is 19.1 Å². The second kappa shape index (κ2) is 5.62. The molecule has 0 bridgehead atoms. The van der Waals surface area contributed by atoms with Gasteiger partial charge in [-0.25, -0.2) is 0 Å². The fourth-order valence-electron chi connectivity index (χ4n) is 6.50. The topological polar surface area (TPSA) is 29.5 Å². The molecule has 2 saturated carbocycles. The number of hydrogen-bond donors (Lipinski definition) is 1. The molecule has 2 unspecified atom stereocenters. The summed E-state index contributed by atoms with van der Waals surface area (Å²) in [5, 5.41) is 10.4. The van der Waals surface area contributed by atoms with Crippen LogP contribution in [0.15, 0.2) is 30.9 Å². The summed E-state index contributed by atoms with van der Waals surface area (Å²) in [5.41, 5.74) is 3.55. The predicted molar refractivity (Wildman–Crippen MR) is 97.4 cm³/mol. The quantitative estimate of drug-likeness (QED) is 0.820. The highest BCUT2D eigenvalue weighted by Crippen LogP contribution is 2.64. The Hall–Kier alpha value is -1.28. The van der Waals surface area contributed by atoms with E-state index in [2.05, 4.69) is 37.8 Å². The first-order valence-electron chi connectivity index (χ1n) is 9.49. The molecule has 0 saturated heterocycles. The van der Waals surface area contributed by atoms with Gasteiger partial charge in [-0.15, -0.1) is 6.58 Å². The van der Waals surface area contributed by atoms with Crippen molar-refractivity contribution in [1.29, 1.82) is 0 Å². The first-order valence-corrected chi connectivity index (χ1v) is 9.49. The van der Waals surface area contributed by atoms with Gasteiger partial charge in [0.25, 0.3) is 0 Å². The first-order chi connectivity index (χ1) is 11.5. The fourth-order valence-corrected chi connectivity index (χ4v) is 6.50. The maximum Gasteiger partial charge on any atom is 0.119 e. The molecule has 2 fully saturated rings. The molecule has 2 nitrogen and oxygen atoms in total. The Balaban J connectivity index is 1.80. The molecular formula is C22H30O2. The number of rotatable bonds is 3. The van der Waals surface area contributed by atoms with Crippen molar-refractivity contribution < 1.29 is 9.84 Å². The molecule has 0 radical (unpaired) electrons. The minimum atomic E-state index is -0.100. The third kappa shape index (κ3) is 2.19. The maximum absolute atomic E-state index is 10.4. The van der Waals surface area contributed by atoms with Crippen LogP contribution in [-0.2, 0) is 11.8 Å². The van der Waals surface area contributed by atoms with Gasteiger partial charge in [0.2, 0.25) is 0 Å². The monoisotopic (exact) mass is 326 g/mol. The standard InChI is InChI=1S/C22H30O2/c1-4-9-22-11-10-21(2)14-16(23)13-20(21)19(22)7-5-15-12-17(24-3)6-8-18(15)22/h4,6,8,12,16,19-20,23H,1,5,7,9-11,13-14H2,2-3H3/t16?,19-,20-,21+,22?/m0/s1. The predicted octanol–water partition coefficient (Wildman–Crippen LogP) is 4.64. The van der Waals surface area contributed by atoms with E-state index >= 15 is 0 Å². The summed E-state index contributed by atoms with van der Waals surface area (Å²) in [4.78, 5) is 0. The van der Waals surface area contributed by atoms with Crippen molar-refractivity contribution in [3.63, 3.8) is 0 Å². The van der Waals surface area contributed by atoms with Crippen LogP contribution in [0.25, 0.3) is 0 Å². The van der Waals surface area contributed by atoms with E-state index in [1.165, 1.54) is 30.4 Å². The van der Waals surface area contributed by atoms with Crippen molar-refractivity contribution in [2.75, 3.05) is 7.11 Å². The molecule has 3 aliphatic carbocycles. The molecule has 4 rings (SSSR count). The largest absolute Gasteiger partial charge is 0.497 e. The number of aliphatic hydroxyl groups is 1. The van der Waals surface area contributed by atoms with Crippen LogP contribution in [0.4, 0.5) is 0 Å². The summed E-state index contributed by atoms with van der Waals surface area (Å²) in [7, 11) is 1.75. The van der Waals surface area contributed by atoms with E-state index in [1.807, 2.05) is 0 Å². The van der Waals surface area contributed by atoms with E-state index < -0.39 is 0 Å². The van der Waals surface area contributed by atoms with Crippen LogP contribution in [0.2, 0.25) is 0 Å². The van der Waals surface area contributed by atoms with Gasteiger partial charge in [-0.2, -0.15) is 0 Å². The molecule has 5 atom stereocenters. The molecule has 1 N–H and O–H groups in total. The van der Waals surface area contributed by atoms with Crippen molar-refractivity contribution in [1.82, 2.24) is 0 Å². The van der Waals surface area contributed by atoms with E-state index in [9.17, 15) is 5.11 Å². The molecule has 0 heterocycles. The van der Waals surface area contributed by atoms with Crippen LogP contribution in [0.1, 0.15) is 56.6 Å². The lowest BCUT2D eigenvalue weighted by atomic mass is 9.48. The minimum absolute atomic E-state index is 0.100. The van der Waals surface area contributed by atoms with Crippen molar-refractivity contribution in [2.45, 2.75) is 63.4 Å². The number of allylic oxidation sites excluding steroid dienone is 1. The van der Waals surface area contributed by atoms with Gasteiger partial charge in [-0.3, -0.25) is 0 Å². The van der Waals surface area contributed by atoms with Crippen LogP contribution in [-0.4, -0.2) is 18.3 Å². The third-order valence-corrected chi connectivity index (χ3v) is 7.54. The Bertz CT molecular complexity index is 651. The number of benzene rings is 1. The summed E-state index contributed by atoms with van der Waals surface area (Å²) in [6, 6.07) is 6.69. The van der Waals surface area contributed by atoms with Gasteiger partial charge in [-0.05, 0) is 85.5 Å². The van der Waals surface area contributed by atoms with Crippen molar-refractivity contribution in [3.8, 4) is 5.75 Å². The van der Waals surface area contributed by atoms with Crippen LogP contribution in [0.3, 0.4) is 0 Å². The van der Waals surface area contributed by atoms with Crippen LogP contribution in [0, 0.1) is 17.3 Å². The van der Waals surface area contributed by atoms with Gasteiger partial charge < -0.3 is 9.84 Å². The zero-order chi connectivity index (χ0) is 16.9. The summed E-state index contributed by atoms with van der Waals surface area (Å²) >= 11 is 0. The normalized spacial score (nSPS) is 40.4. The Labute approximate surface area is 145 Å². The molecule has 3 aliphatic rings. The summed E-state index contributed by atoms with van der Waals surface area (Å²) in [5.74, 6) is 2.29. The summed E-state index contributed by atoms with van der Waals surface area (Å²) < 4.78 is 5.46. The van der Waals surface area contributed by atoms with Gasteiger partial charge in [0.05, 0.1) is 13.2 Å². The highest BCUT2D eigenvalue weighted by Gasteiger charge is 2.58. The van der Waals surface area contributed by atoms with Crippen molar-refractivity contribution >= 4 is 0 Å². The van der Waals surface area contributed by atoms with Crippen molar-refractivity contribution in [2.24, 2.45) is 17.3 Å². The summed E-state index contributed by atoms with van der Waals surface area (Å²) in [6.45, 7) is 6.52. The average molecular weight is 326 g/mol.